The van der Waals surface area contributed by atoms with Gasteiger partial charge in [0.05, 0.1) is 0 Å². The van der Waals surface area contributed by atoms with Gasteiger partial charge >= 0.3 is 0 Å². The highest BCUT2D eigenvalue weighted by Gasteiger charge is 2.24. The van der Waals surface area contributed by atoms with Crippen molar-refractivity contribution in [2.75, 3.05) is 0 Å². The Labute approximate surface area is 61.9 Å². The van der Waals surface area contributed by atoms with E-state index in [0.717, 1.165) is 0 Å². The fraction of sp³-hybridized carbons (Fsp3) is 0.300. The molecule has 1 fully saturated rings. The van der Waals surface area contributed by atoms with Crippen LogP contribution in [0.15, 0.2) is 24.3 Å². The minimum absolute atomic E-state index is 1.32. The van der Waals surface area contributed by atoms with Crippen LogP contribution in [0.25, 0.3) is 0 Å². The second kappa shape index (κ2) is 2.12. The van der Waals surface area contributed by atoms with Crippen LogP contribution in [-0.4, -0.2) is 0 Å². The van der Waals surface area contributed by atoms with Gasteiger partial charge in [0.1, 0.15) is 0 Å². The van der Waals surface area contributed by atoms with E-state index in [2.05, 4.69) is 31.2 Å². The number of hydrogen-bond acceptors (Lipinski definition) is 0. The molecular weight excluding hydrogens is 120 g/mol. The molecule has 10 heavy (non-hydrogen) atoms. The first kappa shape index (κ1) is 5.96. The third kappa shape index (κ3) is 0.942. The van der Waals surface area contributed by atoms with Gasteiger partial charge in [-0.2, -0.15) is 0 Å². The van der Waals surface area contributed by atoms with Crippen LogP contribution in [0.1, 0.15) is 24.0 Å². The molecule has 0 spiro atoms. The first-order valence-corrected chi connectivity index (χ1v) is 3.78. The third-order valence-electron chi connectivity index (χ3n) is 2.03. The Morgan fingerprint density at radius 2 is 1.80 bits per heavy atom. The summed E-state index contributed by atoms with van der Waals surface area (Å²) in [5.41, 5.74) is 2.91. The molecule has 0 saturated heterocycles. The van der Waals surface area contributed by atoms with Gasteiger partial charge in [-0.15, -0.1) is 0 Å². The molecule has 1 saturated carbocycles. The molecule has 0 N–H and O–H groups in total. The summed E-state index contributed by atoms with van der Waals surface area (Å²) in [4.78, 5) is 0. The topological polar surface area (TPSA) is 0 Å². The molecule has 0 amide bonds. The molecule has 0 aliphatic heterocycles. The van der Waals surface area contributed by atoms with Crippen LogP contribution in [0.3, 0.4) is 0 Å². The van der Waals surface area contributed by atoms with E-state index in [-0.39, 0.29) is 0 Å². The van der Waals surface area contributed by atoms with Crippen molar-refractivity contribution in [1.29, 1.82) is 0 Å². The summed E-state index contributed by atoms with van der Waals surface area (Å²) in [7, 11) is 0. The Balaban J connectivity index is 2.39. The number of hydrogen-bond donors (Lipinski definition) is 0. The highest BCUT2D eigenvalue weighted by molar-refractivity contribution is 5.42. The van der Waals surface area contributed by atoms with Gasteiger partial charge in [0.15, 0.2) is 0 Å². The quantitative estimate of drug-likeness (QED) is 0.549. The lowest BCUT2D eigenvalue weighted by atomic mass is 10.1. The minimum Gasteiger partial charge on any atom is -0.0620 e. The average molecular weight is 131 g/mol. The summed E-state index contributed by atoms with van der Waals surface area (Å²) in [5, 5.41) is 0. The summed E-state index contributed by atoms with van der Waals surface area (Å²) in [6, 6.07) is 8.62. The molecule has 0 nitrogen and oxygen atoms in total. The molecule has 0 bridgehead atoms. The fourth-order valence-electron chi connectivity index (χ4n) is 1.30. The standard InChI is InChI=1S/C10H11/c1-8-4-2-3-5-10(8)9-6-7-9/h2-5H,6-7H2,1H3. The van der Waals surface area contributed by atoms with Crippen LogP contribution in [-0.2, 0) is 0 Å². The molecule has 1 aromatic rings. The molecule has 2 rings (SSSR count). The van der Waals surface area contributed by atoms with E-state index in [1.165, 1.54) is 24.0 Å². The summed E-state index contributed by atoms with van der Waals surface area (Å²) in [6.07, 6.45) is 2.65. The van der Waals surface area contributed by atoms with Gasteiger partial charge in [0.25, 0.3) is 0 Å². The van der Waals surface area contributed by atoms with Crippen molar-refractivity contribution in [1.82, 2.24) is 0 Å². The summed E-state index contributed by atoms with van der Waals surface area (Å²) < 4.78 is 0. The molecule has 1 radical (unpaired) electrons. The lowest BCUT2D eigenvalue weighted by molar-refractivity contribution is 1.32. The Morgan fingerprint density at radius 3 is 2.40 bits per heavy atom. The predicted octanol–water partition coefficient (Wildman–Crippen LogP) is 2.71. The summed E-state index contributed by atoms with van der Waals surface area (Å²) >= 11 is 0. The fourth-order valence-corrected chi connectivity index (χ4v) is 1.30. The second-order valence-electron chi connectivity index (χ2n) is 2.92. The Kier molecular flexibility index (Phi) is 1.26. The molecule has 1 aliphatic rings. The zero-order chi connectivity index (χ0) is 6.97. The molecule has 0 aromatic heterocycles. The van der Waals surface area contributed by atoms with Gasteiger partial charge in [0, 0.05) is 5.92 Å². The maximum Gasteiger partial charge on any atom is 0.00532 e. The van der Waals surface area contributed by atoms with E-state index in [4.69, 9.17) is 0 Å². The van der Waals surface area contributed by atoms with Crippen molar-refractivity contribution >= 4 is 0 Å². The van der Waals surface area contributed by atoms with E-state index in [9.17, 15) is 0 Å². The van der Waals surface area contributed by atoms with E-state index in [1.54, 1.807) is 5.92 Å². The average Bonchev–Trinajstić information content (AvgIpc) is 2.71. The van der Waals surface area contributed by atoms with Gasteiger partial charge in [-0.1, -0.05) is 24.3 Å². The normalized spacial score (nSPS) is 17.3. The summed E-state index contributed by atoms with van der Waals surface area (Å²) in [6.45, 7) is 2.18. The first-order chi connectivity index (χ1) is 4.88. The zero-order valence-electron chi connectivity index (χ0n) is 6.22. The lowest BCUT2D eigenvalue weighted by Crippen LogP contribution is -1.83. The van der Waals surface area contributed by atoms with E-state index in [0.29, 0.717) is 0 Å². The van der Waals surface area contributed by atoms with Crippen molar-refractivity contribution in [3.05, 3.63) is 41.3 Å². The van der Waals surface area contributed by atoms with Gasteiger partial charge in [-0.25, -0.2) is 0 Å². The van der Waals surface area contributed by atoms with Gasteiger partial charge in [0.2, 0.25) is 0 Å². The van der Waals surface area contributed by atoms with Gasteiger partial charge < -0.3 is 0 Å². The third-order valence-corrected chi connectivity index (χ3v) is 2.03. The monoisotopic (exact) mass is 131 g/mol. The summed E-state index contributed by atoms with van der Waals surface area (Å²) in [5.74, 6) is 1.64. The van der Waals surface area contributed by atoms with E-state index < -0.39 is 0 Å². The van der Waals surface area contributed by atoms with E-state index in [1.807, 2.05) is 0 Å². The Morgan fingerprint density at radius 1 is 1.10 bits per heavy atom. The SMILES string of the molecule is Cc1ccccc1[C]1CC1. The smallest absolute Gasteiger partial charge is 0.00532 e. The largest absolute Gasteiger partial charge is 0.0620 e. The molecule has 0 unspecified atom stereocenters. The van der Waals surface area contributed by atoms with Gasteiger partial charge in [-0.3, -0.25) is 0 Å². The van der Waals surface area contributed by atoms with Crippen molar-refractivity contribution in [2.45, 2.75) is 19.8 Å². The highest BCUT2D eigenvalue weighted by atomic mass is 14.3. The molecule has 0 heteroatoms. The van der Waals surface area contributed by atoms with E-state index >= 15 is 0 Å². The number of aryl methyl sites for hydroxylation is 1. The minimum atomic E-state index is 1.32. The van der Waals surface area contributed by atoms with Crippen LogP contribution in [0, 0.1) is 12.8 Å². The lowest BCUT2D eigenvalue weighted by Gasteiger charge is -2.00. The number of benzene rings is 1. The van der Waals surface area contributed by atoms with Crippen molar-refractivity contribution < 1.29 is 0 Å². The zero-order valence-corrected chi connectivity index (χ0v) is 6.22. The molecule has 0 heterocycles. The highest BCUT2D eigenvalue weighted by Crippen LogP contribution is 2.39. The predicted molar refractivity (Wildman–Crippen MR) is 42.8 cm³/mol. The van der Waals surface area contributed by atoms with Crippen molar-refractivity contribution in [3.8, 4) is 0 Å². The van der Waals surface area contributed by atoms with Crippen molar-refractivity contribution in [2.24, 2.45) is 0 Å². The van der Waals surface area contributed by atoms with Crippen LogP contribution in [0.4, 0.5) is 0 Å². The van der Waals surface area contributed by atoms with Gasteiger partial charge in [-0.05, 0) is 30.9 Å². The molecule has 51 valence electrons. The number of rotatable bonds is 1. The molecule has 1 aliphatic carbocycles. The maximum atomic E-state index is 2.22. The Bertz CT molecular complexity index is 234. The van der Waals surface area contributed by atoms with Crippen LogP contribution < -0.4 is 0 Å². The maximum absolute atomic E-state index is 2.22. The van der Waals surface area contributed by atoms with Crippen LogP contribution >= 0.6 is 0 Å². The van der Waals surface area contributed by atoms with Crippen LogP contribution in [0.5, 0.6) is 0 Å². The van der Waals surface area contributed by atoms with Crippen LogP contribution in [0.2, 0.25) is 0 Å². The second-order valence-corrected chi connectivity index (χ2v) is 2.92. The first-order valence-electron chi connectivity index (χ1n) is 3.78. The molecule has 1 aromatic carbocycles. The Hall–Kier alpha value is -0.780. The molecule has 0 atom stereocenters. The van der Waals surface area contributed by atoms with Crippen molar-refractivity contribution in [3.63, 3.8) is 0 Å². The molecular formula is C10H11.